The minimum atomic E-state index is -0.112. The molecule has 100 valence electrons. The molecule has 1 heterocycles. The van der Waals surface area contributed by atoms with Gasteiger partial charge in [0.1, 0.15) is 0 Å². The van der Waals surface area contributed by atoms with Crippen LogP contribution in [0.1, 0.15) is 51.9 Å². The Bertz CT molecular complexity index is 210. The molecule has 1 saturated heterocycles. The lowest BCUT2D eigenvalue weighted by Gasteiger charge is -2.22. The van der Waals surface area contributed by atoms with E-state index >= 15 is 0 Å². The summed E-state index contributed by atoms with van der Waals surface area (Å²) in [5, 5.41) is 16.9. The Morgan fingerprint density at radius 1 is 1.24 bits per heavy atom. The van der Waals surface area contributed by atoms with Gasteiger partial charge in [0.05, 0.1) is 6.10 Å². The molecular weight excluding hydrogens is 212 g/mol. The molecule has 0 aromatic rings. The topological polar surface area (TPSA) is 44.3 Å². The quantitative estimate of drug-likeness (QED) is 0.661. The highest BCUT2D eigenvalue weighted by Crippen LogP contribution is 2.32. The van der Waals surface area contributed by atoms with Crippen LogP contribution in [-0.4, -0.2) is 36.4 Å². The molecule has 3 N–H and O–H groups in total. The fourth-order valence-electron chi connectivity index (χ4n) is 2.78. The molecule has 1 saturated carbocycles. The monoisotopic (exact) mass is 240 g/mol. The van der Waals surface area contributed by atoms with Crippen LogP contribution >= 0.6 is 0 Å². The molecule has 0 aromatic heterocycles. The first-order valence-corrected chi connectivity index (χ1v) is 7.40. The third kappa shape index (κ3) is 4.94. The molecule has 2 aliphatic rings. The predicted molar refractivity (Wildman–Crippen MR) is 71.1 cm³/mol. The first kappa shape index (κ1) is 13.3. The molecule has 3 heteroatoms. The molecule has 3 unspecified atom stereocenters. The zero-order valence-electron chi connectivity index (χ0n) is 11.1. The molecule has 3 atom stereocenters. The van der Waals surface area contributed by atoms with Gasteiger partial charge in [0, 0.05) is 18.6 Å². The van der Waals surface area contributed by atoms with Crippen molar-refractivity contribution in [3.8, 4) is 0 Å². The van der Waals surface area contributed by atoms with Crippen LogP contribution < -0.4 is 10.6 Å². The molecule has 0 spiro atoms. The zero-order valence-corrected chi connectivity index (χ0v) is 11.1. The van der Waals surface area contributed by atoms with E-state index in [9.17, 15) is 5.11 Å². The lowest BCUT2D eigenvalue weighted by molar-refractivity contribution is 0.144. The van der Waals surface area contributed by atoms with Crippen molar-refractivity contribution in [3.05, 3.63) is 0 Å². The molecule has 2 rings (SSSR count). The summed E-state index contributed by atoms with van der Waals surface area (Å²) in [5.74, 6) is 0.589. The zero-order chi connectivity index (χ0) is 12.1. The van der Waals surface area contributed by atoms with E-state index in [-0.39, 0.29) is 6.10 Å². The van der Waals surface area contributed by atoms with Gasteiger partial charge in [0.15, 0.2) is 0 Å². The molecule has 0 bridgehead atoms. The van der Waals surface area contributed by atoms with Gasteiger partial charge in [-0.15, -0.1) is 0 Å². The van der Waals surface area contributed by atoms with Gasteiger partial charge in [0.2, 0.25) is 0 Å². The second-order valence-corrected chi connectivity index (χ2v) is 5.95. The SMILES string of the molecule is CC(CC1CCCCCN1)NCC(O)C1CC1. The highest BCUT2D eigenvalue weighted by atomic mass is 16.3. The molecule has 0 amide bonds. The fraction of sp³-hybridized carbons (Fsp3) is 1.00. The smallest absolute Gasteiger partial charge is 0.0692 e. The summed E-state index contributed by atoms with van der Waals surface area (Å²) in [4.78, 5) is 0. The van der Waals surface area contributed by atoms with Crippen LogP contribution in [0.2, 0.25) is 0 Å². The average Bonchev–Trinajstić information content (AvgIpc) is 3.13. The largest absolute Gasteiger partial charge is 0.392 e. The summed E-state index contributed by atoms with van der Waals surface area (Å²) < 4.78 is 0. The molecule has 1 aliphatic heterocycles. The van der Waals surface area contributed by atoms with E-state index in [1.165, 1.54) is 51.5 Å². The molecule has 1 aliphatic carbocycles. The molecule has 0 aromatic carbocycles. The number of aliphatic hydroxyl groups excluding tert-OH is 1. The summed E-state index contributed by atoms with van der Waals surface area (Å²) in [5.41, 5.74) is 0. The van der Waals surface area contributed by atoms with Crippen molar-refractivity contribution >= 4 is 0 Å². The van der Waals surface area contributed by atoms with Gasteiger partial charge >= 0.3 is 0 Å². The summed E-state index contributed by atoms with van der Waals surface area (Å²) in [6.45, 7) is 4.20. The minimum absolute atomic E-state index is 0.112. The van der Waals surface area contributed by atoms with Gasteiger partial charge < -0.3 is 15.7 Å². The lowest BCUT2D eigenvalue weighted by Crippen LogP contribution is -2.40. The Balaban J connectivity index is 1.59. The second-order valence-electron chi connectivity index (χ2n) is 5.95. The maximum absolute atomic E-state index is 9.81. The van der Waals surface area contributed by atoms with Crippen LogP contribution in [0, 0.1) is 5.92 Å². The van der Waals surface area contributed by atoms with Crippen LogP contribution in [0.5, 0.6) is 0 Å². The summed E-state index contributed by atoms with van der Waals surface area (Å²) in [6, 6.07) is 1.19. The van der Waals surface area contributed by atoms with E-state index in [1.54, 1.807) is 0 Å². The van der Waals surface area contributed by atoms with Crippen molar-refractivity contribution in [2.75, 3.05) is 13.1 Å². The van der Waals surface area contributed by atoms with E-state index in [0.29, 0.717) is 18.0 Å². The minimum Gasteiger partial charge on any atom is -0.392 e. The van der Waals surface area contributed by atoms with Crippen molar-refractivity contribution < 1.29 is 5.11 Å². The Kier molecular flexibility index (Phi) is 5.26. The van der Waals surface area contributed by atoms with Crippen molar-refractivity contribution in [3.63, 3.8) is 0 Å². The fourth-order valence-corrected chi connectivity index (χ4v) is 2.78. The predicted octanol–water partition coefficient (Wildman–Crippen LogP) is 1.66. The van der Waals surface area contributed by atoms with E-state index < -0.39 is 0 Å². The van der Waals surface area contributed by atoms with Gasteiger partial charge in [-0.25, -0.2) is 0 Å². The Morgan fingerprint density at radius 2 is 2.06 bits per heavy atom. The van der Waals surface area contributed by atoms with E-state index in [4.69, 9.17) is 0 Å². The van der Waals surface area contributed by atoms with Gasteiger partial charge in [-0.2, -0.15) is 0 Å². The number of hydrogen-bond donors (Lipinski definition) is 3. The maximum Gasteiger partial charge on any atom is 0.0692 e. The number of aliphatic hydroxyl groups is 1. The molecule has 3 nitrogen and oxygen atoms in total. The van der Waals surface area contributed by atoms with Crippen LogP contribution in [0.4, 0.5) is 0 Å². The lowest BCUT2D eigenvalue weighted by atomic mass is 10.0. The number of nitrogens with one attached hydrogen (secondary N) is 2. The van der Waals surface area contributed by atoms with Gasteiger partial charge in [-0.05, 0) is 51.5 Å². The van der Waals surface area contributed by atoms with Crippen molar-refractivity contribution in [1.82, 2.24) is 10.6 Å². The Labute approximate surface area is 105 Å². The first-order valence-electron chi connectivity index (χ1n) is 7.40. The molecule has 2 fully saturated rings. The maximum atomic E-state index is 9.81. The molecule has 0 radical (unpaired) electrons. The standard InChI is InChI=1S/C14H28N2O/c1-11(16-10-14(17)12-6-7-12)9-13-5-3-2-4-8-15-13/h11-17H,2-10H2,1H3. The van der Waals surface area contributed by atoms with Crippen molar-refractivity contribution in [2.45, 2.75) is 70.1 Å². The summed E-state index contributed by atoms with van der Waals surface area (Å²) in [6.07, 6.45) is 8.93. The first-order chi connectivity index (χ1) is 8.25. The van der Waals surface area contributed by atoms with Crippen LogP contribution in [0.3, 0.4) is 0 Å². The third-order valence-corrected chi connectivity index (χ3v) is 4.14. The van der Waals surface area contributed by atoms with E-state index in [1.807, 2.05) is 0 Å². The molecule has 17 heavy (non-hydrogen) atoms. The van der Waals surface area contributed by atoms with Crippen LogP contribution in [-0.2, 0) is 0 Å². The Morgan fingerprint density at radius 3 is 2.82 bits per heavy atom. The highest BCUT2D eigenvalue weighted by Gasteiger charge is 2.29. The Hall–Kier alpha value is -0.120. The number of hydrogen-bond acceptors (Lipinski definition) is 3. The van der Waals surface area contributed by atoms with Gasteiger partial charge in [-0.3, -0.25) is 0 Å². The van der Waals surface area contributed by atoms with E-state index in [2.05, 4.69) is 17.6 Å². The van der Waals surface area contributed by atoms with Crippen LogP contribution in [0.15, 0.2) is 0 Å². The number of rotatable bonds is 6. The van der Waals surface area contributed by atoms with Crippen molar-refractivity contribution in [1.29, 1.82) is 0 Å². The van der Waals surface area contributed by atoms with Crippen LogP contribution in [0.25, 0.3) is 0 Å². The summed E-state index contributed by atoms with van der Waals surface area (Å²) in [7, 11) is 0. The average molecular weight is 240 g/mol. The molecular formula is C14H28N2O. The van der Waals surface area contributed by atoms with E-state index in [0.717, 1.165) is 6.54 Å². The third-order valence-electron chi connectivity index (χ3n) is 4.14. The van der Waals surface area contributed by atoms with Crippen molar-refractivity contribution in [2.24, 2.45) is 5.92 Å². The highest BCUT2D eigenvalue weighted by molar-refractivity contribution is 4.83. The van der Waals surface area contributed by atoms with Gasteiger partial charge in [0.25, 0.3) is 0 Å². The normalized spacial score (nSPS) is 29.6. The van der Waals surface area contributed by atoms with Gasteiger partial charge in [-0.1, -0.05) is 12.8 Å². The summed E-state index contributed by atoms with van der Waals surface area (Å²) >= 11 is 0. The second kappa shape index (κ2) is 6.72.